The van der Waals surface area contributed by atoms with E-state index in [9.17, 15) is 9.18 Å². The first kappa shape index (κ1) is 17.2. The van der Waals surface area contributed by atoms with Crippen LogP contribution in [0.5, 0.6) is 0 Å². The number of piperazine rings is 1. The summed E-state index contributed by atoms with van der Waals surface area (Å²) in [6.45, 7) is 3.36. The highest BCUT2D eigenvalue weighted by atomic mass is 35.5. The Morgan fingerprint density at radius 3 is 2.69 bits per heavy atom. The van der Waals surface area contributed by atoms with Gasteiger partial charge in [0.05, 0.1) is 10.6 Å². The maximum absolute atomic E-state index is 13.0. The molecular formula is C19H19ClFN3O2. The van der Waals surface area contributed by atoms with Gasteiger partial charge in [0.15, 0.2) is 0 Å². The number of nitrogens with zero attached hydrogens (tertiary/aromatic N) is 3. The Balaban J connectivity index is 1.36. The molecule has 5 nitrogen and oxygen atoms in total. The fourth-order valence-corrected chi connectivity index (χ4v) is 3.76. The van der Waals surface area contributed by atoms with Crippen LogP contribution in [0.2, 0.25) is 5.02 Å². The van der Waals surface area contributed by atoms with Crippen LogP contribution in [0.4, 0.5) is 10.2 Å². The summed E-state index contributed by atoms with van der Waals surface area (Å²) >= 11 is 5.91. The molecule has 1 aromatic carbocycles. The largest absolute Gasteiger partial charge is 0.457 e. The molecule has 4 rings (SSSR count). The molecule has 0 amide bonds. The van der Waals surface area contributed by atoms with Gasteiger partial charge in [0.2, 0.25) is 0 Å². The third kappa shape index (κ3) is 3.66. The zero-order valence-electron chi connectivity index (χ0n) is 14.1. The lowest BCUT2D eigenvalue weighted by molar-refractivity contribution is 0.0323. The third-order valence-corrected chi connectivity index (χ3v) is 5.19. The zero-order valence-corrected chi connectivity index (χ0v) is 14.9. The lowest BCUT2D eigenvalue weighted by Gasteiger charge is -2.37. The van der Waals surface area contributed by atoms with Crippen LogP contribution in [0.15, 0.2) is 42.6 Å². The Kier molecular flexibility index (Phi) is 4.78. The summed E-state index contributed by atoms with van der Waals surface area (Å²) < 4.78 is 18.6. The fraction of sp³-hybridized carbons (Fsp3) is 0.368. The monoisotopic (exact) mass is 375 g/mol. The fourth-order valence-electron chi connectivity index (χ4n) is 3.65. The van der Waals surface area contributed by atoms with Crippen molar-refractivity contribution in [3.8, 4) is 0 Å². The SMILES string of the molecule is O=C(OC1CC2CN(c3ccc(Cl)cn3)CCN2C1)c1ccc(F)cc1. The van der Waals surface area contributed by atoms with E-state index >= 15 is 0 Å². The highest BCUT2D eigenvalue weighted by molar-refractivity contribution is 6.30. The molecule has 3 heterocycles. The van der Waals surface area contributed by atoms with Gasteiger partial charge in [0.25, 0.3) is 0 Å². The minimum Gasteiger partial charge on any atom is -0.457 e. The number of pyridine rings is 1. The van der Waals surface area contributed by atoms with E-state index in [0.29, 0.717) is 16.6 Å². The first-order valence-electron chi connectivity index (χ1n) is 8.65. The molecule has 2 atom stereocenters. The predicted molar refractivity (Wildman–Crippen MR) is 97.0 cm³/mol. The van der Waals surface area contributed by atoms with Crippen molar-refractivity contribution >= 4 is 23.4 Å². The molecule has 26 heavy (non-hydrogen) atoms. The molecule has 0 spiro atoms. The molecule has 0 bridgehead atoms. The minimum atomic E-state index is -0.397. The Morgan fingerprint density at radius 1 is 1.15 bits per heavy atom. The Labute approximate surface area is 156 Å². The summed E-state index contributed by atoms with van der Waals surface area (Å²) in [5.74, 6) is 0.155. The number of ether oxygens (including phenoxy) is 1. The van der Waals surface area contributed by atoms with Crippen molar-refractivity contribution in [2.75, 3.05) is 31.1 Å². The van der Waals surface area contributed by atoms with Crippen molar-refractivity contribution in [2.45, 2.75) is 18.6 Å². The summed E-state index contributed by atoms with van der Waals surface area (Å²) in [6.07, 6.45) is 2.30. The number of rotatable bonds is 3. The Hall–Kier alpha value is -2.18. The molecule has 2 aliphatic heterocycles. The second-order valence-electron chi connectivity index (χ2n) is 6.70. The van der Waals surface area contributed by atoms with Gasteiger partial charge in [-0.25, -0.2) is 14.2 Å². The summed E-state index contributed by atoms with van der Waals surface area (Å²) in [5, 5.41) is 0.626. The van der Waals surface area contributed by atoms with E-state index in [2.05, 4.69) is 14.8 Å². The van der Waals surface area contributed by atoms with Crippen molar-refractivity contribution < 1.29 is 13.9 Å². The van der Waals surface area contributed by atoms with Crippen LogP contribution in [0.25, 0.3) is 0 Å². The van der Waals surface area contributed by atoms with Crippen LogP contribution < -0.4 is 4.90 Å². The molecule has 0 aliphatic carbocycles. The molecule has 2 unspecified atom stereocenters. The Morgan fingerprint density at radius 2 is 1.96 bits per heavy atom. The van der Waals surface area contributed by atoms with Crippen LogP contribution in [0.1, 0.15) is 16.8 Å². The van der Waals surface area contributed by atoms with Gasteiger partial charge < -0.3 is 9.64 Å². The van der Waals surface area contributed by atoms with E-state index in [1.807, 2.05) is 12.1 Å². The van der Waals surface area contributed by atoms with E-state index < -0.39 is 5.97 Å². The van der Waals surface area contributed by atoms with Gasteiger partial charge in [-0.3, -0.25) is 4.90 Å². The van der Waals surface area contributed by atoms with Gasteiger partial charge in [0.1, 0.15) is 17.7 Å². The number of halogens is 2. The third-order valence-electron chi connectivity index (χ3n) is 4.97. The summed E-state index contributed by atoms with van der Waals surface area (Å²) in [4.78, 5) is 21.2. The van der Waals surface area contributed by atoms with E-state index in [1.54, 1.807) is 6.20 Å². The van der Waals surface area contributed by atoms with Crippen molar-refractivity contribution in [3.63, 3.8) is 0 Å². The number of fused-ring (bicyclic) bond motifs is 1. The van der Waals surface area contributed by atoms with Crippen LogP contribution in [-0.4, -0.2) is 54.2 Å². The molecular weight excluding hydrogens is 357 g/mol. The summed E-state index contributed by atoms with van der Waals surface area (Å²) in [6, 6.07) is 9.54. The van der Waals surface area contributed by atoms with Gasteiger partial charge in [-0.05, 0) is 36.4 Å². The number of anilines is 1. The topological polar surface area (TPSA) is 45.7 Å². The van der Waals surface area contributed by atoms with Gasteiger partial charge in [0, 0.05) is 44.8 Å². The smallest absolute Gasteiger partial charge is 0.338 e. The van der Waals surface area contributed by atoms with Crippen LogP contribution in [0, 0.1) is 5.82 Å². The number of carbonyl (C=O) groups is 1. The second kappa shape index (κ2) is 7.21. The number of esters is 1. The first-order valence-corrected chi connectivity index (χ1v) is 9.03. The van der Waals surface area contributed by atoms with E-state index in [0.717, 1.165) is 38.4 Å². The molecule has 136 valence electrons. The lowest BCUT2D eigenvalue weighted by Crippen LogP contribution is -2.50. The normalized spacial score (nSPS) is 22.9. The summed E-state index contributed by atoms with van der Waals surface area (Å²) in [7, 11) is 0. The molecule has 2 aliphatic rings. The van der Waals surface area contributed by atoms with Crippen molar-refractivity contribution in [1.82, 2.24) is 9.88 Å². The number of benzene rings is 1. The molecule has 1 aromatic heterocycles. The first-order chi connectivity index (χ1) is 12.6. The highest BCUT2D eigenvalue weighted by Crippen LogP contribution is 2.27. The quantitative estimate of drug-likeness (QED) is 0.772. The lowest BCUT2D eigenvalue weighted by atomic mass is 10.1. The van der Waals surface area contributed by atoms with Gasteiger partial charge in [-0.2, -0.15) is 0 Å². The molecule has 0 saturated carbocycles. The standard InChI is InChI=1S/C19H19ClFN3O2/c20-14-3-6-18(22-10-14)24-8-7-23-12-17(9-16(23)11-24)26-19(25)13-1-4-15(21)5-2-13/h1-6,10,16-17H,7-9,11-12H2. The van der Waals surface area contributed by atoms with Crippen LogP contribution >= 0.6 is 11.6 Å². The molecule has 0 N–H and O–H groups in total. The van der Waals surface area contributed by atoms with Gasteiger partial charge in [-0.15, -0.1) is 0 Å². The maximum atomic E-state index is 13.0. The predicted octanol–water partition coefficient (Wildman–Crippen LogP) is 2.99. The van der Waals surface area contributed by atoms with Crippen molar-refractivity contribution in [1.29, 1.82) is 0 Å². The van der Waals surface area contributed by atoms with Crippen molar-refractivity contribution in [3.05, 3.63) is 59.0 Å². The second-order valence-corrected chi connectivity index (χ2v) is 7.14. The zero-order chi connectivity index (χ0) is 18.1. The number of hydrogen-bond donors (Lipinski definition) is 0. The highest BCUT2D eigenvalue weighted by Gasteiger charge is 2.38. The Bertz CT molecular complexity index is 784. The molecule has 7 heteroatoms. The number of carbonyl (C=O) groups excluding carboxylic acids is 1. The molecule has 2 aromatic rings. The van der Waals surface area contributed by atoms with Crippen molar-refractivity contribution in [2.24, 2.45) is 0 Å². The number of hydrogen-bond acceptors (Lipinski definition) is 5. The summed E-state index contributed by atoms with van der Waals surface area (Å²) in [5.41, 5.74) is 0.378. The average molecular weight is 376 g/mol. The van der Waals surface area contributed by atoms with Gasteiger partial charge in [-0.1, -0.05) is 11.6 Å². The van der Waals surface area contributed by atoms with Gasteiger partial charge >= 0.3 is 5.97 Å². The van der Waals surface area contributed by atoms with E-state index in [1.165, 1.54) is 24.3 Å². The molecule has 2 fully saturated rings. The number of aromatic nitrogens is 1. The maximum Gasteiger partial charge on any atom is 0.338 e. The minimum absolute atomic E-state index is 0.143. The van der Waals surface area contributed by atoms with E-state index in [4.69, 9.17) is 16.3 Å². The van der Waals surface area contributed by atoms with E-state index in [-0.39, 0.29) is 11.9 Å². The molecule has 2 saturated heterocycles. The average Bonchev–Trinajstić information content (AvgIpc) is 3.04. The van der Waals surface area contributed by atoms with Crippen LogP contribution in [-0.2, 0) is 4.74 Å². The van der Waals surface area contributed by atoms with Crippen LogP contribution in [0.3, 0.4) is 0 Å². The molecule has 0 radical (unpaired) electrons.